The van der Waals surface area contributed by atoms with Gasteiger partial charge in [0, 0.05) is 16.6 Å². The van der Waals surface area contributed by atoms with E-state index >= 15 is 0 Å². The number of carbonyl (C=O) groups is 1. The molecule has 0 fully saturated rings. The Kier molecular flexibility index (Phi) is 7.32. The lowest BCUT2D eigenvalue weighted by Gasteiger charge is -2.15. The van der Waals surface area contributed by atoms with E-state index in [1.165, 1.54) is 5.56 Å². The van der Waals surface area contributed by atoms with Crippen molar-refractivity contribution in [2.45, 2.75) is 39.0 Å². The first-order valence-electron chi connectivity index (χ1n) is 8.37. The zero-order valence-electron chi connectivity index (χ0n) is 14.2. The molecule has 0 unspecified atom stereocenters. The largest absolute Gasteiger partial charge is 0.494 e. The molecule has 0 aliphatic rings. The van der Waals surface area contributed by atoms with Gasteiger partial charge in [-0.3, -0.25) is 4.79 Å². The van der Waals surface area contributed by atoms with E-state index in [1.54, 1.807) is 0 Å². The van der Waals surface area contributed by atoms with Gasteiger partial charge in [0.2, 0.25) is 5.91 Å². The van der Waals surface area contributed by atoms with Gasteiger partial charge in [-0.15, -0.1) is 0 Å². The van der Waals surface area contributed by atoms with Crippen molar-refractivity contribution in [2.24, 2.45) is 0 Å². The fraction of sp³-hybridized carbons (Fsp3) is 0.350. The van der Waals surface area contributed by atoms with Crippen molar-refractivity contribution >= 4 is 27.5 Å². The van der Waals surface area contributed by atoms with Crippen LogP contribution < -0.4 is 10.1 Å². The highest BCUT2D eigenvalue weighted by atomic mass is 79.9. The molecule has 1 atom stereocenters. The Balaban J connectivity index is 1.80. The molecular formula is C20H24BrNO2. The summed E-state index contributed by atoms with van der Waals surface area (Å²) in [4.78, 5) is 12.2. The van der Waals surface area contributed by atoms with Crippen molar-refractivity contribution < 1.29 is 9.53 Å². The summed E-state index contributed by atoms with van der Waals surface area (Å²) < 4.78 is 6.64. The van der Waals surface area contributed by atoms with Crippen LogP contribution in [0, 0.1) is 0 Å². The van der Waals surface area contributed by atoms with Gasteiger partial charge in [-0.2, -0.15) is 0 Å². The zero-order chi connectivity index (χ0) is 17.4. The fourth-order valence-corrected chi connectivity index (χ4v) is 2.83. The van der Waals surface area contributed by atoms with E-state index < -0.39 is 0 Å². The molecule has 0 aliphatic carbocycles. The van der Waals surface area contributed by atoms with Crippen LogP contribution in [0.25, 0.3) is 0 Å². The monoisotopic (exact) mass is 389 g/mol. The number of hydrogen-bond donors (Lipinski definition) is 1. The minimum Gasteiger partial charge on any atom is -0.494 e. The van der Waals surface area contributed by atoms with Crippen LogP contribution in [0.2, 0.25) is 0 Å². The lowest BCUT2D eigenvalue weighted by molar-refractivity contribution is -0.116. The van der Waals surface area contributed by atoms with Crippen molar-refractivity contribution in [3.63, 3.8) is 0 Å². The summed E-state index contributed by atoms with van der Waals surface area (Å²) in [5, 5.41) is 3.03. The van der Waals surface area contributed by atoms with E-state index in [1.807, 2.05) is 42.5 Å². The molecule has 1 N–H and O–H groups in total. The zero-order valence-corrected chi connectivity index (χ0v) is 15.8. The molecule has 24 heavy (non-hydrogen) atoms. The van der Waals surface area contributed by atoms with E-state index in [4.69, 9.17) is 4.74 Å². The average molecular weight is 390 g/mol. The minimum absolute atomic E-state index is 0.0311. The lowest BCUT2D eigenvalue weighted by atomic mass is 9.97. The number of para-hydroxylation sites is 1. The Morgan fingerprint density at radius 1 is 1.21 bits per heavy atom. The molecular weight excluding hydrogens is 366 g/mol. The number of ether oxygens (including phenoxy) is 1. The highest BCUT2D eigenvalue weighted by Gasteiger charge is 2.10. The summed E-state index contributed by atoms with van der Waals surface area (Å²) in [6.07, 6.45) is 2.18. The molecule has 2 rings (SSSR count). The molecule has 128 valence electrons. The van der Waals surface area contributed by atoms with E-state index in [0.29, 0.717) is 25.4 Å². The number of hydrogen-bond acceptors (Lipinski definition) is 2. The van der Waals surface area contributed by atoms with Gasteiger partial charge in [0.1, 0.15) is 5.75 Å². The van der Waals surface area contributed by atoms with Crippen molar-refractivity contribution in [3.8, 4) is 5.75 Å². The summed E-state index contributed by atoms with van der Waals surface area (Å²) >= 11 is 3.41. The molecule has 1 amide bonds. The molecule has 0 radical (unpaired) electrons. The normalized spacial score (nSPS) is 11.8. The van der Waals surface area contributed by atoms with Crippen molar-refractivity contribution in [3.05, 3.63) is 58.6 Å². The Morgan fingerprint density at radius 3 is 2.75 bits per heavy atom. The third-order valence-corrected chi connectivity index (χ3v) is 4.48. The molecule has 0 aliphatic heterocycles. The molecule has 0 spiro atoms. The summed E-state index contributed by atoms with van der Waals surface area (Å²) in [6, 6.07) is 15.7. The van der Waals surface area contributed by atoms with Gasteiger partial charge in [-0.25, -0.2) is 0 Å². The molecule has 0 saturated heterocycles. The van der Waals surface area contributed by atoms with Gasteiger partial charge >= 0.3 is 0 Å². The van der Waals surface area contributed by atoms with Gasteiger partial charge < -0.3 is 10.1 Å². The minimum atomic E-state index is 0.0311. The maximum atomic E-state index is 12.2. The Bertz CT molecular complexity index is 672. The molecule has 4 heteroatoms. The molecule has 3 nitrogen and oxygen atoms in total. The first-order valence-corrected chi connectivity index (χ1v) is 9.16. The third kappa shape index (κ3) is 5.68. The van der Waals surface area contributed by atoms with Gasteiger partial charge in [-0.05, 0) is 48.6 Å². The van der Waals surface area contributed by atoms with Crippen LogP contribution >= 0.6 is 15.9 Å². The van der Waals surface area contributed by atoms with Crippen LogP contribution in [-0.2, 0) is 4.79 Å². The Labute approximate surface area is 152 Å². The van der Waals surface area contributed by atoms with E-state index in [0.717, 1.165) is 22.3 Å². The number of nitrogens with one attached hydrogen (secondary N) is 1. The van der Waals surface area contributed by atoms with Gasteiger partial charge in [0.05, 0.1) is 6.61 Å². The van der Waals surface area contributed by atoms with Crippen molar-refractivity contribution in [2.75, 3.05) is 11.9 Å². The topological polar surface area (TPSA) is 38.3 Å². The summed E-state index contributed by atoms with van der Waals surface area (Å²) in [7, 11) is 0. The molecule has 2 aromatic carbocycles. The first kappa shape index (κ1) is 18.5. The SMILES string of the molecule is CC[C@H](C)c1ccccc1NC(=O)CCCOc1cccc(Br)c1. The van der Waals surface area contributed by atoms with E-state index in [-0.39, 0.29) is 5.91 Å². The van der Waals surface area contributed by atoms with E-state index in [2.05, 4.69) is 41.2 Å². The number of amides is 1. The van der Waals surface area contributed by atoms with Crippen LogP contribution in [0.3, 0.4) is 0 Å². The highest BCUT2D eigenvalue weighted by Crippen LogP contribution is 2.26. The van der Waals surface area contributed by atoms with Crippen LogP contribution in [0.15, 0.2) is 53.0 Å². The van der Waals surface area contributed by atoms with Crippen LogP contribution in [-0.4, -0.2) is 12.5 Å². The van der Waals surface area contributed by atoms with Crippen LogP contribution in [0.1, 0.15) is 44.6 Å². The summed E-state index contributed by atoms with van der Waals surface area (Å²) in [5.41, 5.74) is 2.11. The molecule has 2 aromatic rings. The highest BCUT2D eigenvalue weighted by molar-refractivity contribution is 9.10. The second kappa shape index (κ2) is 9.48. The lowest BCUT2D eigenvalue weighted by Crippen LogP contribution is -2.14. The number of carbonyl (C=O) groups excluding carboxylic acids is 1. The second-order valence-electron chi connectivity index (χ2n) is 5.85. The predicted molar refractivity (Wildman–Crippen MR) is 103 cm³/mol. The van der Waals surface area contributed by atoms with Crippen molar-refractivity contribution in [1.82, 2.24) is 0 Å². The molecule has 0 bridgehead atoms. The smallest absolute Gasteiger partial charge is 0.224 e. The van der Waals surface area contributed by atoms with E-state index in [9.17, 15) is 4.79 Å². The number of benzene rings is 2. The summed E-state index contributed by atoms with van der Waals surface area (Å²) in [5.74, 6) is 1.27. The fourth-order valence-electron chi connectivity index (χ4n) is 2.45. The molecule has 0 aromatic heterocycles. The first-order chi connectivity index (χ1) is 11.6. The number of rotatable bonds is 8. The standard InChI is InChI=1S/C20H24BrNO2/c1-3-15(2)18-10-4-5-11-19(18)22-20(23)12-7-13-24-17-9-6-8-16(21)14-17/h4-6,8-11,14-15H,3,7,12-13H2,1-2H3,(H,22,23)/t15-/m0/s1. The summed E-state index contributed by atoms with van der Waals surface area (Å²) in [6.45, 7) is 4.86. The number of anilines is 1. The van der Waals surface area contributed by atoms with Crippen LogP contribution in [0.4, 0.5) is 5.69 Å². The molecule has 0 saturated carbocycles. The van der Waals surface area contributed by atoms with Crippen LogP contribution in [0.5, 0.6) is 5.75 Å². The quantitative estimate of drug-likeness (QED) is 0.582. The Hall–Kier alpha value is -1.81. The maximum Gasteiger partial charge on any atom is 0.224 e. The third-order valence-electron chi connectivity index (χ3n) is 3.99. The molecule has 0 heterocycles. The van der Waals surface area contributed by atoms with Gasteiger partial charge in [0.15, 0.2) is 0 Å². The van der Waals surface area contributed by atoms with Gasteiger partial charge in [-0.1, -0.05) is 54.0 Å². The van der Waals surface area contributed by atoms with Crippen molar-refractivity contribution in [1.29, 1.82) is 0 Å². The Morgan fingerprint density at radius 2 is 2.00 bits per heavy atom. The number of halogens is 1. The average Bonchev–Trinajstić information content (AvgIpc) is 2.58. The second-order valence-corrected chi connectivity index (χ2v) is 6.77. The van der Waals surface area contributed by atoms with Gasteiger partial charge in [0.25, 0.3) is 0 Å². The predicted octanol–water partition coefficient (Wildman–Crippen LogP) is 5.76. The maximum absolute atomic E-state index is 12.2.